The Morgan fingerprint density at radius 3 is 2.30 bits per heavy atom. The summed E-state index contributed by atoms with van der Waals surface area (Å²) in [6.07, 6.45) is 21.5. The minimum atomic E-state index is -0.576. The Kier molecular flexibility index (Phi) is 26.4. The molecule has 2 saturated heterocycles. The summed E-state index contributed by atoms with van der Waals surface area (Å²) >= 11 is 0. The average Bonchev–Trinajstić information content (AvgIpc) is 3.26. The van der Waals surface area contributed by atoms with Crippen LogP contribution in [0.2, 0.25) is 0 Å². The Morgan fingerprint density at radius 2 is 1.72 bits per heavy atom. The number of nitrogens with one attached hydrogen (secondary N) is 1. The number of nitrogens with zero attached hydrogens (tertiary/aromatic N) is 4. The molecule has 4 aliphatic rings. The largest absolute Gasteiger partial charge is 0.364 e. The number of aliphatic imine (C=N–C) groups is 1. The fraction of sp³-hybridized carbons (Fsp3) is 0.705. The molecule has 0 bridgehead atoms. The number of halogens is 1. The molecule has 6 heteroatoms. The highest BCUT2D eigenvalue weighted by atomic mass is 19.1. The Balaban J connectivity index is -0.00000141. The van der Waals surface area contributed by atoms with Gasteiger partial charge in [-0.1, -0.05) is 108 Å². The first-order chi connectivity index (χ1) is 22.3. The standard InChI is InChI=1S/C38H60FN5.C2H6.4CH4.2H2/c1-7-9-33(25-37-17-23-43(37)26-29(3)4)31(6)24-38(40-19-18-39)41-35-12-10-32-14-22-44(28-34(32)11-13-35)36-15-20-42(21-16-36)27-30(5)8-2;1-2;;;;;;/h8-9,11,13,19,24,29-30,35-37,41H,2,6-7,10,12,14-18,20-23,25-28H2,1,3-5H3;1-2H3;4*1H4;2*1H/b33-9+,38-24+,40-19-;;;;;;;. The third-order valence-electron chi connectivity index (χ3n) is 9.96. The van der Waals surface area contributed by atoms with Crippen LogP contribution in [0.1, 0.15) is 125 Å². The molecule has 0 aromatic heterocycles. The second-order valence-electron chi connectivity index (χ2n) is 13.9. The highest BCUT2D eigenvalue weighted by Crippen LogP contribution is 2.31. The fourth-order valence-corrected chi connectivity index (χ4v) is 7.32. The average molecular weight is 704 g/mol. The summed E-state index contributed by atoms with van der Waals surface area (Å²) in [7, 11) is 0. The number of hydrogen-bond acceptors (Lipinski definition) is 5. The Hall–Kier alpha value is -2.28. The molecule has 3 aliphatic heterocycles. The van der Waals surface area contributed by atoms with Gasteiger partial charge in [0, 0.05) is 53.4 Å². The van der Waals surface area contributed by atoms with Gasteiger partial charge in [-0.2, -0.15) is 0 Å². The maximum atomic E-state index is 13.2. The SMILES string of the molecule is C.C.C.C.C=CC(C)CN1CCC(N2CCC3=C(C=CC(NC(=C/C(=C)/C(=C/CC)CC4CCN4CC(C)C)/N=C\CF)CC3)C2)CC1.CC.[HH].[HH]. The van der Waals surface area contributed by atoms with Crippen LogP contribution < -0.4 is 5.32 Å². The van der Waals surface area contributed by atoms with Crippen LogP contribution in [0.3, 0.4) is 0 Å². The first-order valence-electron chi connectivity index (χ1n) is 18.5. The first kappa shape index (κ1) is 49.8. The van der Waals surface area contributed by atoms with Crippen LogP contribution in [0.25, 0.3) is 0 Å². The number of hydrogen-bond donors (Lipinski definition) is 1. The zero-order valence-corrected chi connectivity index (χ0v) is 30.2. The predicted octanol–water partition coefficient (Wildman–Crippen LogP) is 11.5. The highest BCUT2D eigenvalue weighted by Gasteiger charge is 2.30. The second kappa shape index (κ2) is 26.5. The molecular weight excluding hydrogens is 618 g/mol. The van der Waals surface area contributed by atoms with E-state index in [-0.39, 0.29) is 38.6 Å². The zero-order chi connectivity index (χ0) is 33.5. The molecule has 0 saturated carbocycles. The Labute approximate surface area is 314 Å². The summed E-state index contributed by atoms with van der Waals surface area (Å²) < 4.78 is 13.2. The minimum absolute atomic E-state index is 0. The van der Waals surface area contributed by atoms with Crippen molar-refractivity contribution < 1.29 is 7.24 Å². The van der Waals surface area contributed by atoms with Gasteiger partial charge >= 0.3 is 0 Å². The minimum Gasteiger partial charge on any atom is -0.364 e. The molecule has 5 nitrogen and oxygen atoms in total. The van der Waals surface area contributed by atoms with Gasteiger partial charge < -0.3 is 10.2 Å². The van der Waals surface area contributed by atoms with Gasteiger partial charge in [0.25, 0.3) is 0 Å². The lowest BCUT2D eigenvalue weighted by Gasteiger charge is -2.42. The Bertz CT molecular complexity index is 1120. The van der Waals surface area contributed by atoms with Gasteiger partial charge in [-0.05, 0) is 106 Å². The van der Waals surface area contributed by atoms with E-state index < -0.39 is 6.67 Å². The van der Waals surface area contributed by atoms with Crippen molar-refractivity contribution in [3.63, 3.8) is 0 Å². The molecule has 4 rings (SSSR count). The fourth-order valence-electron chi connectivity index (χ4n) is 7.32. The molecule has 3 atom stereocenters. The lowest BCUT2D eigenvalue weighted by molar-refractivity contribution is 0.0774. The van der Waals surface area contributed by atoms with E-state index in [0.29, 0.717) is 29.7 Å². The van der Waals surface area contributed by atoms with Crippen LogP contribution in [-0.4, -0.2) is 91.5 Å². The molecular formula is C44H86FN5. The van der Waals surface area contributed by atoms with Gasteiger partial charge in [0.15, 0.2) is 0 Å². The summed E-state index contributed by atoms with van der Waals surface area (Å²) in [4.78, 5) is 12.4. The van der Waals surface area contributed by atoms with Crippen molar-refractivity contribution >= 4 is 6.21 Å². The number of likely N-dealkylation sites (tertiary alicyclic amines) is 2. The van der Waals surface area contributed by atoms with Crippen molar-refractivity contribution in [1.29, 1.82) is 0 Å². The summed E-state index contributed by atoms with van der Waals surface area (Å²) in [6, 6.07) is 1.43. The van der Waals surface area contributed by atoms with Crippen molar-refractivity contribution in [2.75, 3.05) is 52.5 Å². The van der Waals surface area contributed by atoms with Crippen molar-refractivity contribution in [1.82, 2.24) is 20.0 Å². The zero-order valence-electron chi connectivity index (χ0n) is 30.2. The van der Waals surface area contributed by atoms with E-state index in [2.05, 4.69) is 90.2 Å². The molecule has 294 valence electrons. The quantitative estimate of drug-likeness (QED) is 0.105. The van der Waals surface area contributed by atoms with E-state index in [1.165, 1.54) is 69.2 Å². The van der Waals surface area contributed by atoms with Crippen molar-refractivity contribution in [2.45, 2.75) is 141 Å². The van der Waals surface area contributed by atoms with Gasteiger partial charge in [-0.3, -0.25) is 9.80 Å². The van der Waals surface area contributed by atoms with E-state index in [9.17, 15) is 4.39 Å². The number of allylic oxidation sites excluding steroid dienone is 3. The highest BCUT2D eigenvalue weighted by molar-refractivity contribution is 5.60. The van der Waals surface area contributed by atoms with Gasteiger partial charge in [-0.25, -0.2) is 9.38 Å². The molecule has 0 radical (unpaired) electrons. The third kappa shape index (κ3) is 15.5. The van der Waals surface area contributed by atoms with Crippen molar-refractivity contribution in [2.24, 2.45) is 16.8 Å². The van der Waals surface area contributed by atoms with Gasteiger partial charge in [-0.15, -0.1) is 6.58 Å². The van der Waals surface area contributed by atoms with Crippen LogP contribution in [0, 0.1) is 11.8 Å². The number of piperidine rings is 1. The maximum Gasteiger partial charge on any atom is 0.126 e. The van der Waals surface area contributed by atoms with Crippen LogP contribution in [0.4, 0.5) is 4.39 Å². The number of alkyl halides is 1. The number of rotatable bonds is 15. The predicted molar refractivity (Wildman–Crippen MR) is 229 cm³/mol. The molecule has 2 fully saturated rings. The van der Waals surface area contributed by atoms with Crippen LogP contribution >= 0.6 is 0 Å². The van der Waals surface area contributed by atoms with Crippen LogP contribution in [0.5, 0.6) is 0 Å². The maximum absolute atomic E-state index is 13.2. The normalized spacial score (nSPS) is 22.7. The molecule has 0 aromatic carbocycles. The lowest BCUT2D eigenvalue weighted by Crippen LogP contribution is -2.49. The molecule has 0 amide bonds. The lowest BCUT2D eigenvalue weighted by atomic mass is 9.90. The van der Waals surface area contributed by atoms with Crippen LogP contribution in [0.15, 0.2) is 76.6 Å². The van der Waals surface area contributed by atoms with Gasteiger partial charge in [0.2, 0.25) is 0 Å². The third-order valence-corrected chi connectivity index (χ3v) is 9.96. The van der Waals surface area contributed by atoms with E-state index in [1.54, 1.807) is 5.57 Å². The first-order valence-corrected chi connectivity index (χ1v) is 18.5. The topological polar surface area (TPSA) is 34.1 Å². The molecule has 0 aromatic rings. The van der Waals surface area contributed by atoms with Crippen molar-refractivity contribution in [3.05, 3.63) is 71.7 Å². The van der Waals surface area contributed by atoms with E-state index >= 15 is 0 Å². The molecule has 3 unspecified atom stereocenters. The van der Waals surface area contributed by atoms with Gasteiger partial charge in [0.05, 0.1) is 0 Å². The molecule has 50 heavy (non-hydrogen) atoms. The summed E-state index contributed by atoms with van der Waals surface area (Å²) in [5.41, 5.74) is 5.39. The molecule has 1 aliphatic carbocycles. The molecule has 0 spiro atoms. The van der Waals surface area contributed by atoms with Gasteiger partial charge in [0.1, 0.15) is 12.5 Å². The van der Waals surface area contributed by atoms with E-state index in [1.807, 2.05) is 19.9 Å². The van der Waals surface area contributed by atoms with Crippen LogP contribution in [-0.2, 0) is 0 Å². The Morgan fingerprint density at radius 1 is 1.02 bits per heavy atom. The summed E-state index contributed by atoms with van der Waals surface area (Å²) in [5.74, 6) is 1.94. The summed E-state index contributed by atoms with van der Waals surface area (Å²) in [6.45, 7) is 29.0. The molecule has 3 heterocycles. The summed E-state index contributed by atoms with van der Waals surface area (Å²) in [5, 5.41) is 3.64. The van der Waals surface area contributed by atoms with E-state index in [4.69, 9.17) is 0 Å². The molecule has 1 N–H and O–H groups in total. The van der Waals surface area contributed by atoms with E-state index in [0.717, 1.165) is 50.9 Å². The monoisotopic (exact) mass is 704 g/mol. The van der Waals surface area contributed by atoms with Crippen molar-refractivity contribution in [3.8, 4) is 0 Å². The smallest absolute Gasteiger partial charge is 0.126 e. The second-order valence-corrected chi connectivity index (χ2v) is 13.9.